The molecule has 0 saturated carbocycles. The summed E-state index contributed by atoms with van der Waals surface area (Å²) >= 11 is 0. The Bertz CT molecular complexity index is 1700. The number of methoxy groups -OCH3 is 1. The summed E-state index contributed by atoms with van der Waals surface area (Å²) in [5, 5.41) is 21.5. The molecule has 0 unspecified atom stereocenters. The Morgan fingerprint density at radius 1 is 0.926 bits per heavy atom. The minimum atomic E-state index is -1.24. The third-order valence-electron chi connectivity index (χ3n) is 8.93. The number of carbonyl (C=O) groups excluding carboxylic acids is 5. The molecule has 5 N–H and O–H groups in total. The van der Waals surface area contributed by atoms with Crippen molar-refractivity contribution < 1.29 is 38.6 Å². The number of aliphatic hydroxyl groups is 1. The van der Waals surface area contributed by atoms with Crippen molar-refractivity contribution in [3.05, 3.63) is 72.3 Å². The van der Waals surface area contributed by atoms with Crippen LogP contribution in [0.4, 0.5) is 0 Å². The number of aliphatic hydroxyl groups excluding tert-OH is 1. The van der Waals surface area contributed by atoms with E-state index < -0.39 is 30.0 Å². The average molecular weight is 748 g/mol. The number of imidazole rings is 1. The zero-order valence-electron chi connectivity index (χ0n) is 31.5. The number of hydrogen-bond donors (Lipinski definition) is 5. The number of ether oxygens (including phenoxy) is 2. The van der Waals surface area contributed by atoms with Crippen LogP contribution < -0.4 is 30.7 Å². The van der Waals surface area contributed by atoms with E-state index in [1.807, 2.05) is 36.7 Å². The molecule has 0 saturated heterocycles. The molecule has 3 heterocycles. The lowest BCUT2D eigenvalue weighted by molar-refractivity contribution is -0.134. The van der Waals surface area contributed by atoms with Crippen molar-refractivity contribution >= 4 is 29.5 Å². The number of nitrogens with one attached hydrogen (secondary N) is 4. The number of aryl methyl sites for hydroxylation is 1. The second-order valence-corrected chi connectivity index (χ2v) is 13.8. The predicted octanol–water partition coefficient (Wildman–Crippen LogP) is 2.15. The van der Waals surface area contributed by atoms with Crippen LogP contribution >= 0.6 is 0 Å². The Balaban J connectivity index is 1.49. The number of rotatable bonds is 6. The molecule has 2 aromatic carbocycles. The van der Waals surface area contributed by atoms with Crippen molar-refractivity contribution in [1.29, 1.82) is 0 Å². The van der Waals surface area contributed by atoms with Crippen LogP contribution in [-0.2, 0) is 25.6 Å². The Morgan fingerprint density at radius 3 is 2.35 bits per heavy atom. The number of aromatic nitrogens is 2. The molecule has 0 spiro atoms. The maximum Gasteiger partial charge on any atom is 0.257 e. The summed E-state index contributed by atoms with van der Waals surface area (Å²) in [5.41, 5.74) is 2.15. The van der Waals surface area contributed by atoms with Gasteiger partial charge in [-0.1, -0.05) is 19.9 Å². The molecular formula is C39H53N7O8. The van der Waals surface area contributed by atoms with Crippen LogP contribution in [0.1, 0.15) is 68.8 Å². The Morgan fingerprint density at radius 2 is 1.67 bits per heavy atom. The number of benzene rings is 2. The second-order valence-electron chi connectivity index (χ2n) is 13.8. The van der Waals surface area contributed by atoms with Crippen LogP contribution in [0.5, 0.6) is 11.5 Å². The van der Waals surface area contributed by atoms with E-state index in [2.05, 4.69) is 26.3 Å². The number of nitrogens with zero attached hydrogens (tertiary/aromatic N) is 3. The largest absolute Gasteiger partial charge is 0.493 e. The van der Waals surface area contributed by atoms with Crippen molar-refractivity contribution in [2.45, 2.75) is 77.5 Å². The summed E-state index contributed by atoms with van der Waals surface area (Å²) in [6, 6.07) is 10.2. The zero-order chi connectivity index (χ0) is 39.0. The van der Waals surface area contributed by atoms with E-state index in [0.29, 0.717) is 68.8 Å². The minimum absolute atomic E-state index is 0.0484. The molecular weight excluding hydrogens is 694 g/mol. The van der Waals surface area contributed by atoms with Gasteiger partial charge in [0.25, 0.3) is 11.8 Å². The normalized spacial score (nSPS) is 19.6. The van der Waals surface area contributed by atoms with E-state index in [1.165, 1.54) is 14.0 Å². The van der Waals surface area contributed by atoms with E-state index in [1.54, 1.807) is 47.8 Å². The van der Waals surface area contributed by atoms with Crippen LogP contribution in [0.3, 0.4) is 0 Å². The fraction of sp³-hybridized carbons (Fsp3) is 0.487. The molecule has 2 aliphatic heterocycles. The molecule has 15 nitrogen and oxygen atoms in total. The Kier molecular flexibility index (Phi) is 15.8. The van der Waals surface area contributed by atoms with Gasteiger partial charge in [-0.2, -0.15) is 0 Å². The van der Waals surface area contributed by atoms with E-state index in [0.717, 1.165) is 11.3 Å². The molecule has 0 radical (unpaired) electrons. The van der Waals surface area contributed by atoms with Crippen molar-refractivity contribution in [2.75, 3.05) is 39.9 Å². The van der Waals surface area contributed by atoms with Gasteiger partial charge in [0.1, 0.15) is 12.1 Å². The van der Waals surface area contributed by atoms with Gasteiger partial charge in [-0.3, -0.25) is 24.0 Å². The molecule has 2 bridgehead atoms. The molecule has 15 heteroatoms. The number of fused-ring (bicyclic) bond motifs is 23. The molecule has 0 aliphatic carbocycles. The van der Waals surface area contributed by atoms with Crippen molar-refractivity contribution in [2.24, 2.45) is 5.92 Å². The third-order valence-corrected chi connectivity index (χ3v) is 8.93. The highest BCUT2D eigenvalue weighted by Gasteiger charge is 2.30. The Hall–Kier alpha value is -5.44. The standard InChI is InChI=1S/C39H53N7O8/c1-26(2)22-31-37(50)44-36(27(3)47)38(51)42-16-5-6-19-45(39(52)29-10-12-30(13-11-29)46-21-18-40-25-46)20-7-17-41-35(49)24-54-32-14-8-28(23-33(32)53-4)9-15-34(48)43-31/h8,10-14,18,21,23,25-27,31,36,47H,5-7,9,15-17,19-20,22,24H2,1-4H3,(H,41,49)(H,42,51)(H,43,48)(H,44,50)/t27-,31-,36+/m1/s1. The molecule has 0 fully saturated rings. The average Bonchev–Trinajstić information content (AvgIpc) is 3.70. The maximum absolute atomic E-state index is 13.7. The molecule has 54 heavy (non-hydrogen) atoms. The molecule has 292 valence electrons. The van der Waals surface area contributed by atoms with Crippen LogP contribution in [0.15, 0.2) is 61.2 Å². The molecule has 5 rings (SSSR count). The first-order valence-electron chi connectivity index (χ1n) is 18.4. The summed E-state index contributed by atoms with van der Waals surface area (Å²) in [4.78, 5) is 71.7. The summed E-state index contributed by atoms with van der Waals surface area (Å²) in [6.45, 7) is 6.32. The first kappa shape index (κ1) is 41.3. The highest BCUT2D eigenvalue weighted by molar-refractivity contribution is 5.94. The van der Waals surface area contributed by atoms with E-state index in [-0.39, 0.29) is 43.2 Å². The SMILES string of the molecule is COc1cc2ccc1OCC(=O)NCCCN(C(=O)c1ccc(-n3ccnc3)cc1)CCCCNC(=O)[C@H]([C@@H](C)O)NC(=O)[C@@H](CC(C)C)NC(=O)CC2. The molecule has 3 aromatic rings. The van der Waals surface area contributed by atoms with Crippen LogP contribution in [0, 0.1) is 5.92 Å². The first-order valence-corrected chi connectivity index (χ1v) is 18.4. The van der Waals surface area contributed by atoms with Gasteiger partial charge in [0.2, 0.25) is 17.7 Å². The van der Waals surface area contributed by atoms with Gasteiger partial charge >= 0.3 is 0 Å². The fourth-order valence-electron chi connectivity index (χ4n) is 6.00. The first-order chi connectivity index (χ1) is 25.9. The number of carbonyl (C=O) groups is 5. The molecule has 1 aromatic heterocycles. The van der Waals surface area contributed by atoms with Crippen molar-refractivity contribution in [1.82, 2.24) is 35.7 Å². The topological polar surface area (TPSA) is 193 Å². The summed E-state index contributed by atoms with van der Waals surface area (Å²) < 4.78 is 13.1. The molecule has 2 aliphatic rings. The number of amides is 5. The quantitative estimate of drug-likeness (QED) is 0.235. The highest BCUT2D eigenvalue weighted by Crippen LogP contribution is 2.28. The lowest BCUT2D eigenvalue weighted by atomic mass is 10.0. The van der Waals surface area contributed by atoms with Gasteiger partial charge in [0.05, 0.1) is 19.5 Å². The maximum atomic E-state index is 13.7. The van der Waals surface area contributed by atoms with Gasteiger partial charge < -0.3 is 45.3 Å². The van der Waals surface area contributed by atoms with Crippen molar-refractivity contribution in [3.63, 3.8) is 0 Å². The Labute approximate surface area is 316 Å². The van der Waals surface area contributed by atoms with Gasteiger partial charge in [-0.15, -0.1) is 0 Å². The number of hydrogen-bond acceptors (Lipinski definition) is 9. The van der Waals surface area contributed by atoms with Crippen LogP contribution in [0.2, 0.25) is 0 Å². The lowest BCUT2D eigenvalue weighted by Gasteiger charge is -2.26. The van der Waals surface area contributed by atoms with E-state index in [4.69, 9.17) is 9.47 Å². The van der Waals surface area contributed by atoms with Gasteiger partial charge in [0, 0.05) is 56.2 Å². The van der Waals surface area contributed by atoms with E-state index >= 15 is 0 Å². The van der Waals surface area contributed by atoms with Gasteiger partial charge in [0.15, 0.2) is 18.1 Å². The van der Waals surface area contributed by atoms with Crippen molar-refractivity contribution in [3.8, 4) is 17.2 Å². The van der Waals surface area contributed by atoms with Gasteiger partial charge in [-0.25, -0.2) is 4.98 Å². The lowest BCUT2D eigenvalue weighted by Crippen LogP contribution is -2.57. The minimum Gasteiger partial charge on any atom is -0.493 e. The molecule has 5 amide bonds. The summed E-state index contributed by atoms with van der Waals surface area (Å²) in [5.74, 6) is -1.18. The monoisotopic (exact) mass is 747 g/mol. The predicted molar refractivity (Wildman–Crippen MR) is 201 cm³/mol. The smallest absolute Gasteiger partial charge is 0.257 e. The summed E-state index contributed by atoms with van der Waals surface area (Å²) in [7, 11) is 1.48. The summed E-state index contributed by atoms with van der Waals surface area (Å²) in [6.07, 6.45) is 6.25. The second kappa shape index (κ2) is 20.7. The van der Waals surface area contributed by atoms with Gasteiger partial charge in [-0.05, 0) is 86.9 Å². The van der Waals surface area contributed by atoms with E-state index in [9.17, 15) is 29.1 Å². The third kappa shape index (κ3) is 12.6. The van der Waals surface area contributed by atoms with Crippen LogP contribution in [-0.4, -0.2) is 107 Å². The highest BCUT2D eigenvalue weighted by atomic mass is 16.5. The zero-order valence-corrected chi connectivity index (χ0v) is 31.5. The molecule has 3 atom stereocenters. The fourth-order valence-corrected chi connectivity index (χ4v) is 6.00. The van der Waals surface area contributed by atoms with Crippen LogP contribution in [0.25, 0.3) is 5.69 Å².